The molecule has 0 saturated carbocycles. The number of fused-ring (bicyclic) bond motifs is 2. The van der Waals surface area contributed by atoms with Gasteiger partial charge in [0.25, 0.3) is 5.91 Å². The molecule has 4 aliphatic rings. The maximum absolute atomic E-state index is 14.4. The number of aliphatic hydroxyl groups is 1. The minimum Gasteiger partial charge on any atom is -0.396 e. The third kappa shape index (κ3) is 4.41. The number of rotatable bonds is 8. The van der Waals surface area contributed by atoms with Gasteiger partial charge in [-0.05, 0) is 37.8 Å². The van der Waals surface area contributed by atoms with Crippen molar-refractivity contribution < 1.29 is 19.5 Å². The van der Waals surface area contributed by atoms with E-state index in [4.69, 9.17) is 11.6 Å². The smallest absolute Gasteiger partial charge is 0.251 e. The summed E-state index contributed by atoms with van der Waals surface area (Å²) in [5.41, 5.74) is 0.620. The Balaban J connectivity index is 1.57. The van der Waals surface area contributed by atoms with Crippen LogP contribution in [0.3, 0.4) is 0 Å². The number of thioether (sulfide) groups is 1. The molecule has 1 aromatic rings. The van der Waals surface area contributed by atoms with Gasteiger partial charge in [0.2, 0.25) is 11.8 Å². The van der Waals surface area contributed by atoms with Crippen LogP contribution in [-0.2, 0) is 14.4 Å². The number of likely N-dealkylation sites (tertiary alicyclic amines) is 1. The van der Waals surface area contributed by atoms with Crippen LogP contribution in [0.4, 0.5) is 5.69 Å². The molecule has 9 heteroatoms. The summed E-state index contributed by atoms with van der Waals surface area (Å²) in [7, 11) is 0. The van der Waals surface area contributed by atoms with Crippen molar-refractivity contribution in [1.82, 2.24) is 9.80 Å². The highest BCUT2D eigenvalue weighted by molar-refractivity contribution is 8.02. The molecule has 0 aliphatic carbocycles. The Bertz CT molecular complexity index is 1130. The third-order valence-electron chi connectivity index (χ3n) is 7.94. The number of amides is 3. The van der Waals surface area contributed by atoms with Gasteiger partial charge in [0.15, 0.2) is 0 Å². The molecule has 4 aliphatic heterocycles. The molecule has 1 N–H and O–H groups in total. The molecule has 5 atom stereocenters. The number of aliphatic hydroxyl groups excluding tert-OH is 1. The van der Waals surface area contributed by atoms with Crippen molar-refractivity contribution >= 4 is 46.8 Å². The number of unbranched alkanes of at least 4 members (excludes halogenated alkanes) is 2. The van der Waals surface area contributed by atoms with E-state index in [0.717, 1.165) is 12.8 Å². The average molecular weight is 544 g/mol. The van der Waals surface area contributed by atoms with E-state index in [1.54, 1.807) is 27.6 Å². The Morgan fingerprint density at radius 2 is 1.84 bits per heavy atom. The lowest BCUT2D eigenvalue weighted by Crippen LogP contribution is -2.53. The fourth-order valence-electron chi connectivity index (χ4n) is 6.36. The molecule has 1 unspecified atom stereocenters. The Labute approximate surface area is 227 Å². The molecule has 5 rings (SSSR count). The van der Waals surface area contributed by atoms with E-state index in [-0.39, 0.29) is 29.6 Å². The van der Waals surface area contributed by atoms with Crippen molar-refractivity contribution in [2.75, 3.05) is 37.7 Å². The van der Waals surface area contributed by atoms with E-state index in [0.29, 0.717) is 49.7 Å². The Hall–Kier alpha value is -2.29. The van der Waals surface area contributed by atoms with E-state index >= 15 is 0 Å². The molecule has 3 amide bonds. The largest absolute Gasteiger partial charge is 0.396 e. The van der Waals surface area contributed by atoms with Gasteiger partial charge in [-0.3, -0.25) is 14.4 Å². The van der Waals surface area contributed by atoms with E-state index < -0.39 is 22.6 Å². The number of hydrogen-bond donors (Lipinski definition) is 1. The zero-order chi connectivity index (χ0) is 26.2. The van der Waals surface area contributed by atoms with Gasteiger partial charge >= 0.3 is 0 Å². The number of carbonyl (C=O) groups excluding carboxylic acids is 3. The van der Waals surface area contributed by atoms with Crippen LogP contribution >= 0.6 is 23.4 Å². The van der Waals surface area contributed by atoms with Gasteiger partial charge in [-0.1, -0.05) is 55.0 Å². The predicted octanol–water partition coefficient (Wildman–Crippen LogP) is 3.51. The Morgan fingerprint density at radius 1 is 1.03 bits per heavy atom. The number of hydrogen-bond acceptors (Lipinski definition) is 5. The Kier molecular flexibility index (Phi) is 7.70. The summed E-state index contributed by atoms with van der Waals surface area (Å²) >= 11 is 8.11. The fourth-order valence-corrected chi connectivity index (χ4v) is 8.60. The van der Waals surface area contributed by atoms with E-state index in [1.165, 1.54) is 0 Å². The molecule has 2 fully saturated rings. The summed E-state index contributed by atoms with van der Waals surface area (Å²) in [6.45, 7) is 4.11. The highest BCUT2D eigenvalue weighted by Crippen LogP contribution is 2.61. The Morgan fingerprint density at radius 3 is 2.59 bits per heavy atom. The van der Waals surface area contributed by atoms with Crippen LogP contribution in [0.15, 0.2) is 48.6 Å². The van der Waals surface area contributed by atoms with Gasteiger partial charge in [0, 0.05) is 38.0 Å². The van der Waals surface area contributed by atoms with Gasteiger partial charge in [-0.2, -0.15) is 0 Å². The van der Waals surface area contributed by atoms with Gasteiger partial charge in [0.05, 0.1) is 27.3 Å². The molecule has 7 nitrogen and oxygen atoms in total. The minimum absolute atomic E-state index is 0.00788. The summed E-state index contributed by atoms with van der Waals surface area (Å²) in [6.07, 6.45) is 11.0. The maximum Gasteiger partial charge on any atom is 0.251 e. The number of benzene rings is 1. The van der Waals surface area contributed by atoms with Crippen LogP contribution in [-0.4, -0.2) is 81.5 Å². The summed E-state index contributed by atoms with van der Waals surface area (Å²) in [6, 6.07) is 6.54. The average Bonchev–Trinajstić information content (AvgIpc) is 3.20. The zero-order valence-electron chi connectivity index (χ0n) is 21.1. The van der Waals surface area contributed by atoms with Crippen molar-refractivity contribution in [3.63, 3.8) is 0 Å². The maximum atomic E-state index is 14.4. The SMILES string of the molecule is CCCN1CC=C[C@H]2S[C@]34C=CCN(c5ccccc5Cl)C(=O)C3N(CCCCCO)C(=O)[C@@H]4[C@H]2C1=O. The molecule has 4 heterocycles. The van der Waals surface area contributed by atoms with Crippen molar-refractivity contribution in [2.24, 2.45) is 11.8 Å². The summed E-state index contributed by atoms with van der Waals surface area (Å²) in [4.78, 5) is 47.6. The van der Waals surface area contributed by atoms with Gasteiger partial charge in [-0.25, -0.2) is 0 Å². The molecular weight excluding hydrogens is 510 g/mol. The lowest BCUT2D eigenvalue weighted by atomic mass is 9.78. The molecule has 37 heavy (non-hydrogen) atoms. The summed E-state index contributed by atoms with van der Waals surface area (Å²) in [5, 5.41) is 9.55. The molecule has 0 bridgehead atoms. The molecule has 0 aromatic heterocycles. The topological polar surface area (TPSA) is 81.2 Å². The molecule has 2 saturated heterocycles. The number of nitrogens with zero attached hydrogens (tertiary/aromatic N) is 3. The molecule has 198 valence electrons. The first-order chi connectivity index (χ1) is 17.9. The molecule has 1 aromatic carbocycles. The van der Waals surface area contributed by atoms with Crippen molar-refractivity contribution in [3.8, 4) is 0 Å². The quantitative estimate of drug-likeness (QED) is 0.401. The zero-order valence-corrected chi connectivity index (χ0v) is 22.7. The summed E-state index contributed by atoms with van der Waals surface area (Å²) < 4.78 is -0.828. The third-order valence-corrected chi connectivity index (χ3v) is 10.00. The van der Waals surface area contributed by atoms with E-state index in [1.807, 2.05) is 48.3 Å². The van der Waals surface area contributed by atoms with Gasteiger partial charge < -0.3 is 19.8 Å². The highest BCUT2D eigenvalue weighted by Gasteiger charge is 2.70. The number of anilines is 1. The highest BCUT2D eigenvalue weighted by atomic mass is 35.5. The van der Waals surface area contributed by atoms with Crippen LogP contribution in [0.5, 0.6) is 0 Å². The lowest BCUT2D eigenvalue weighted by molar-refractivity contribution is -0.142. The molecular formula is C28H34ClN3O4S. The van der Waals surface area contributed by atoms with Crippen molar-refractivity contribution in [2.45, 2.75) is 48.6 Å². The predicted molar refractivity (Wildman–Crippen MR) is 146 cm³/mol. The van der Waals surface area contributed by atoms with E-state index in [9.17, 15) is 19.5 Å². The van der Waals surface area contributed by atoms with Crippen molar-refractivity contribution in [1.29, 1.82) is 0 Å². The molecule has 1 spiro atoms. The van der Waals surface area contributed by atoms with Crippen molar-refractivity contribution in [3.05, 3.63) is 53.6 Å². The fraction of sp³-hybridized carbons (Fsp3) is 0.536. The van der Waals surface area contributed by atoms with Crippen LogP contribution in [0.25, 0.3) is 0 Å². The second-order valence-corrected chi connectivity index (χ2v) is 12.1. The summed E-state index contributed by atoms with van der Waals surface area (Å²) in [5.74, 6) is -1.38. The first kappa shape index (κ1) is 26.3. The first-order valence-electron chi connectivity index (χ1n) is 13.2. The second kappa shape index (κ2) is 10.8. The normalized spacial score (nSPS) is 30.9. The number of carbonyl (C=O) groups is 3. The lowest BCUT2D eigenvalue weighted by Gasteiger charge is -2.35. The van der Waals surface area contributed by atoms with Gasteiger partial charge in [-0.15, -0.1) is 11.8 Å². The molecule has 0 radical (unpaired) electrons. The number of para-hydroxylation sites is 1. The first-order valence-corrected chi connectivity index (χ1v) is 14.5. The van der Waals surface area contributed by atoms with Crippen LogP contribution in [0.2, 0.25) is 5.02 Å². The van der Waals surface area contributed by atoms with Crippen LogP contribution in [0, 0.1) is 11.8 Å². The second-order valence-electron chi connectivity index (χ2n) is 10.2. The van der Waals surface area contributed by atoms with Gasteiger partial charge in [0.1, 0.15) is 6.04 Å². The van der Waals surface area contributed by atoms with E-state index in [2.05, 4.69) is 6.08 Å². The van der Waals surface area contributed by atoms with Crippen LogP contribution < -0.4 is 4.90 Å². The number of halogens is 1. The minimum atomic E-state index is -0.828. The monoisotopic (exact) mass is 543 g/mol. The standard InChI is InChI=1S/C28H34ClN3O4S/c1-2-14-30-15-8-12-21-22(25(30)34)23-26(35)32(16-6-3-7-18-33)24-27(36)31(17-9-13-28(23,24)37-21)20-11-5-4-10-19(20)29/h4-5,8-13,21-24,33H,2-3,6-7,14-18H2,1H3/t21-,22+,23+,24?,28+/m1/s1. The van der Waals surface area contributed by atoms with Crippen LogP contribution in [0.1, 0.15) is 32.6 Å².